The van der Waals surface area contributed by atoms with Crippen molar-refractivity contribution >= 4 is 22.9 Å². The number of benzene rings is 2. The molecule has 3 N–H and O–H groups in total. The Morgan fingerprint density at radius 3 is 2.77 bits per heavy atom. The number of hydrogen-bond donors (Lipinski definition) is 3. The fraction of sp³-hybridized carbons (Fsp3) is 0.176. The van der Waals surface area contributed by atoms with E-state index in [9.17, 15) is 18.0 Å². The number of halogens is 3. The minimum atomic E-state index is -4.42. The van der Waals surface area contributed by atoms with Crippen LogP contribution < -0.4 is 10.4 Å². The van der Waals surface area contributed by atoms with Crippen molar-refractivity contribution in [1.29, 1.82) is 0 Å². The summed E-state index contributed by atoms with van der Waals surface area (Å²) in [6.45, 7) is 0.804. The zero-order chi connectivity index (χ0) is 18.5. The van der Waals surface area contributed by atoms with Crippen molar-refractivity contribution in [2.45, 2.75) is 19.3 Å². The van der Waals surface area contributed by atoms with E-state index >= 15 is 0 Å². The smallest absolute Gasteiger partial charge is 0.334 e. The number of imidazole rings is 1. The lowest BCUT2D eigenvalue weighted by Crippen LogP contribution is -2.21. The van der Waals surface area contributed by atoms with Crippen molar-refractivity contribution in [2.75, 3.05) is 4.90 Å². The van der Waals surface area contributed by atoms with Gasteiger partial charge in [-0.05, 0) is 35.4 Å². The van der Waals surface area contributed by atoms with E-state index in [-0.39, 0.29) is 0 Å². The summed E-state index contributed by atoms with van der Waals surface area (Å²) in [5.41, 5.74) is 3.58. The summed E-state index contributed by atoms with van der Waals surface area (Å²) < 4.78 is 38.6. The molecule has 0 saturated heterocycles. The highest BCUT2D eigenvalue weighted by Gasteiger charge is 2.31. The molecule has 3 aromatic rings. The first-order valence-corrected chi connectivity index (χ1v) is 7.74. The number of aromatic amines is 1. The molecule has 6 nitrogen and oxygen atoms in total. The molecule has 0 atom stereocenters. The number of alkyl halides is 3. The average molecular weight is 362 g/mol. The molecule has 0 radical (unpaired) electrons. The van der Waals surface area contributed by atoms with Crippen LogP contribution in [0.4, 0.5) is 19.1 Å². The van der Waals surface area contributed by atoms with Crippen LogP contribution >= 0.6 is 0 Å². The molecule has 0 unspecified atom stereocenters. The number of H-pyrrole nitrogens is 1. The van der Waals surface area contributed by atoms with E-state index in [1.54, 1.807) is 17.6 Å². The first kappa shape index (κ1) is 16.4. The molecule has 2 heterocycles. The predicted octanol–water partition coefficient (Wildman–Crippen LogP) is 3.22. The SMILES string of the molecule is O=C(NO)c1cccc2c1CN(c1nc3ccc(C(F)(F)F)cc3[nH]1)C2. The Bertz CT molecular complexity index is 1010. The van der Waals surface area contributed by atoms with Crippen LogP contribution in [0.1, 0.15) is 27.0 Å². The molecule has 1 aliphatic rings. The first-order valence-electron chi connectivity index (χ1n) is 7.74. The van der Waals surface area contributed by atoms with Gasteiger partial charge in [0.1, 0.15) is 0 Å². The number of fused-ring (bicyclic) bond motifs is 2. The van der Waals surface area contributed by atoms with Crippen molar-refractivity contribution < 1.29 is 23.2 Å². The predicted molar refractivity (Wildman–Crippen MR) is 86.7 cm³/mol. The van der Waals surface area contributed by atoms with Gasteiger partial charge in [0.15, 0.2) is 0 Å². The van der Waals surface area contributed by atoms with Crippen LogP contribution in [0, 0.1) is 0 Å². The van der Waals surface area contributed by atoms with E-state index in [1.165, 1.54) is 6.07 Å². The molecule has 1 aromatic heterocycles. The Kier molecular flexibility index (Phi) is 3.62. The Hall–Kier alpha value is -3.07. The van der Waals surface area contributed by atoms with Gasteiger partial charge in [0.25, 0.3) is 5.91 Å². The molecule has 0 bridgehead atoms. The molecule has 4 rings (SSSR count). The number of amides is 1. The molecular formula is C17H13F3N4O2. The number of hydroxylamine groups is 1. The van der Waals surface area contributed by atoms with E-state index in [4.69, 9.17) is 5.21 Å². The van der Waals surface area contributed by atoms with E-state index in [2.05, 4.69) is 9.97 Å². The molecule has 2 aromatic carbocycles. The van der Waals surface area contributed by atoms with Gasteiger partial charge in [-0.3, -0.25) is 10.0 Å². The van der Waals surface area contributed by atoms with Gasteiger partial charge < -0.3 is 9.88 Å². The Morgan fingerprint density at radius 2 is 2.04 bits per heavy atom. The molecule has 1 aliphatic heterocycles. The van der Waals surface area contributed by atoms with Gasteiger partial charge in [-0.2, -0.15) is 13.2 Å². The van der Waals surface area contributed by atoms with Crippen molar-refractivity contribution in [1.82, 2.24) is 15.4 Å². The Balaban J connectivity index is 1.68. The summed E-state index contributed by atoms with van der Waals surface area (Å²) in [5, 5.41) is 8.87. The third-order valence-electron chi connectivity index (χ3n) is 4.43. The maximum Gasteiger partial charge on any atom is 0.416 e. The largest absolute Gasteiger partial charge is 0.416 e. The normalized spacial score (nSPS) is 13.9. The lowest BCUT2D eigenvalue weighted by Gasteiger charge is -2.13. The van der Waals surface area contributed by atoms with E-state index in [1.807, 2.05) is 11.0 Å². The van der Waals surface area contributed by atoms with Crippen molar-refractivity contribution in [3.05, 3.63) is 58.7 Å². The van der Waals surface area contributed by atoms with Gasteiger partial charge in [-0.25, -0.2) is 10.5 Å². The summed E-state index contributed by atoms with van der Waals surface area (Å²) in [6.07, 6.45) is -4.42. The number of nitrogens with one attached hydrogen (secondary N) is 2. The van der Waals surface area contributed by atoms with Gasteiger partial charge in [0.2, 0.25) is 5.95 Å². The molecule has 0 aliphatic carbocycles. The quantitative estimate of drug-likeness (QED) is 0.483. The number of carbonyl (C=O) groups is 1. The summed E-state index contributed by atoms with van der Waals surface area (Å²) >= 11 is 0. The summed E-state index contributed by atoms with van der Waals surface area (Å²) in [4.78, 5) is 20.9. The van der Waals surface area contributed by atoms with E-state index in [0.717, 1.165) is 23.3 Å². The fourth-order valence-corrected chi connectivity index (χ4v) is 3.17. The summed E-state index contributed by atoms with van der Waals surface area (Å²) in [7, 11) is 0. The van der Waals surface area contributed by atoms with Gasteiger partial charge in [-0.1, -0.05) is 12.1 Å². The number of anilines is 1. The van der Waals surface area contributed by atoms with Crippen LogP contribution in [0.3, 0.4) is 0 Å². The van der Waals surface area contributed by atoms with Crippen LogP contribution in [0.15, 0.2) is 36.4 Å². The molecule has 9 heteroatoms. The number of aromatic nitrogens is 2. The standard InChI is InChI=1S/C17H13F3N4O2/c18-17(19,20)10-4-5-13-14(6-10)22-16(21-13)24-7-9-2-1-3-11(12(9)8-24)15(25)23-26/h1-6,26H,7-8H2,(H,21,22)(H,23,25). The monoisotopic (exact) mass is 362 g/mol. The van der Waals surface area contributed by atoms with Crippen LogP contribution in [-0.2, 0) is 19.3 Å². The molecular weight excluding hydrogens is 349 g/mol. The van der Waals surface area contributed by atoms with Crippen LogP contribution in [0.2, 0.25) is 0 Å². The van der Waals surface area contributed by atoms with Crippen molar-refractivity contribution in [3.63, 3.8) is 0 Å². The number of nitrogens with zero attached hydrogens (tertiary/aromatic N) is 2. The second-order valence-corrected chi connectivity index (χ2v) is 6.03. The summed E-state index contributed by atoms with van der Waals surface area (Å²) in [5.74, 6) is -0.186. The molecule has 134 valence electrons. The third kappa shape index (κ3) is 2.66. The topological polar surface area (TPSA) is 81.2 Å². The van der Waals surface area contributed by atoms with Gasteiger partial charge in [-0.15, -0.1) is 0 Å². The minimum Gasteiger partial charge on any atom is -0.334 e. The number of hydrogen-bond acceptors (Lipinski definition) is 4. The second-order valence-electron chi connectivity index (χ2n) is 6.03. The fourth-order valence-electron chi connectivity index (χ4n) is 3.17. The Morgan fingerprint density at radius 1 is 1.23 bits per heavy atom. The minimum absolute atomic E-state index is 0.291. The highest BCUT2D eigenvalue weighted by molar-refractivity contribution is 5.95. The number of rotatable bonds is 2. The first-order chi connectivity index (χ1) is 12.4. The lowest BCUT2D eigenvalue weighted by atomic mass is 10.0. The maximum atomic E-state index is 12.9. The van der Waals surface area contributed by atoms with Crippen LogP contribution in [0.25, 0.3) is 11.0 Å². The molecule has 26 heavy (non-hydrogen) atoms. The summed E-state index contributed by atoms with van der Waals surface area (Å²) in [6, 6.07) is 8.51. The highest BCUT2D eigenvalue weighted by Crippen LogP contribution is 2.33. The molecule has 0 spiro atoms. The molecule has 0 fully saturated rings. The van der Waals surface area contributed by atoms with Gasteiger partial charge in [0.05, 0.1) is 16.6 Å². The lowest BCUT2D eigenvalue weighted by molar-refractivity contribution is -0.137. The zero-order valence-corrected chi connectivity index (χ0v) is 13.3. The Labute approximate surface area is 145 Å². The number of carbonyl (C=O) groups excluding carboxylic acids is 1. The van der Waals surface area contributed by atoms with Crippen molar-refractivity contribution in [3.8, 4) is 0 Å². The third-order valence-corrected chi connectivity index (χ3v) is 4.43. The average Bonchev–Trinajstić information content (AvgIpc) is 3.22. The van der Waals surface area contributed by atoms with Crippen molar-refractivity contribution in [2.24, 2.45) is 0 Å². The second kappa shape index (κ2) is 5.73. The highest BCUT2D eigenvalue weighted by atomic mass is 19.4. The maximum absolute atomic E-state index is 12.9. The van der Waals surface area contributed by atoms with E-state index in [0.29, 0.717) is 35.6 Å². The molecule has 1 amide bonds. The van der Waals surface area contributed by atoms with Crippen LogP contribution in [-0.4, -0.2) is 21.1 Å². The van der Waals surface area contributed by atoms with Gasteiger partial charge >= 0.3 is 6.18 Å². The van der Waals surface area contributed by atoms with E-state index < -0.39 is 17.6 Å². The van der Waals surface area contributed by atoms with Gasteiger partial charge in [0, 0.05) is 18.7 Å². The zero-order valence-electron chi connectivity index (χ0n) is 13.3. The van der Waals surface area contributed by atoms with Crippen LogP contribution in [0.5, 0.6) is 0 Å². The molecule has 0 saturated carbocycles.